The van der Waals surface area contributed by atoms with E-state index >= 15 is 0 Å². The zero-order valence-electron chi connectivity index (χ0n) is 8.58. The molecular weight excluding hydrogens is 179 g/mol. The Bertz CT molecular complexity index is 471. The third kappa shape index (κ3) is 1.29. The second kappa shape index (κ2) is 3.08. The maximum absolute atomic E-state index is 13.5. The van der Waals surface area contributed by atoms with Crippen LogP contribution in [0.4, 0.5) is 4.39 Å². The van der Waals surface area contributed by atoms with Crippen LogP contribution in [0.2, 0.25) is 0 Å². The molecule has 0 radical (unpaired) electrons. The Labute approximate surface area is 82.4 Å². The molecule has 0 saturated carbocycles. The van der Waals surface area contributed by atoms with E-state index in [4.69, 9.17) is 0 Å². The molecule has 0 N–H and O–H groups in total. The van der Waals surface area contributed by atoms with Crippen molar-refractivity contribution in [2.75, 3.05) is 0 Å². The minimum atomic E-state index is -0.161. The summed E-state index contributed by atoms with van der Waals surface area (Å²) in [5.41, 5.74) is 2.45. The van der Waals surface area contributed by atoms with E-state index in [-0.39, 0.29) is 11.7 Å². The predicted octanol–water partition coefficient (Wildman–Crippen LogP) is 2.84. The molecule has 0 atom stereocenters. The van der Waals surface area contributed by atoms with Crippen molar-refractivity contribution < 1.29 is 4.39 Å². The molecule has 0 aliphatic rings. The van der Waals surface area contributed by atoms with Crippen molar-refractivity contribution in [3.63, 3.8) is 0 Å². The average molecular weight is 192 g/mol. The molecular formula is C11H13FN2. The smallest absolute Gasteiger partial charge is 0.128 e. The minimum absolute atomic E-state index is 0.161. The molecule has 0 aliphatic carbocycles. The largest absolute Gasteiger partial charge is 0.334 e. The summed E-state index contributed by atoms with van der Waals surface area (Å²) in [7, 11) is 1.91. The van der Waals surface area contributed by atoms with Crippen molar-refractivity contribution in [1.82, 2.24) is 9.55 Å². The highest BCUT2D eigenvalue weighted by molar-refractivity contribution is 5.76. The number of aryl methyl sites for hydroxylation is 1. The lowest BCUT2D eigenvalue weighted by atomic mass is 10.0. The van der Waals surface area contributed by atoms with Crippen molar-refractivity contribution in [2.45, 2.75) is 19.8 Å². The van der Waals surface area contributed by atoms with Crippen molar-refractivity contribution in [2.24, 2.45) is 7.05 Å². The SMILES string of the molecule is CC(C)c1cc2c(cc1F)ncn2C. The second-order valence-corrected chi connectivity index (χ2v) is 3.87. The van der Waals surface area contributed by atoms with Crippen LogP contribution in [0, 0.1) is 5.82 Å². The highest BCUT2D eigenvalue weighted by Gasteiger charge is 2.10. The number of nitrogens with zero attached hydrogens (tertiary/aromatic N) is 2. The Hall–Kier alpha value is -1.38. The average Bonchev–Trinajstić information content (AvgIpc) is 2.46. The molecule has 1 heterocycles. The number of halogens is 1. The van der Waals surface area contributed by atoms with E-state index < -0.39 is 0 Å². The van der Waals surface area contributed by atoms with Crippen LogP contribution in [0.3, 0.4) is 0 Å². The van der Waals surface area contributed by atoms with Gasteiger partial charge in [0.05, 0.1) is 17.4 Å². The molecule has 74 valence electrons. The molecule has 14 heavy (non-hydrogen) atoms. The van der Waals surface area contributed by atoms with Crippen molar-refractivity contribution in [1.29, 1.82) is 0 Å². The van der Waals surface area contributed by atoms with Crippen molar-refractivity contribution >= 4 is 11.0 Å². The molecule has 1 aromatic heterocycles. The highest BCUT2D eigenvalue weighted by Crippen LogP contribution is 2.23. The first kappa shape index (κ1) is 9.19. The van der Waals surface area contributed by atoms with Gasteiger partial charge in [0, 0.05) is 13.1 Å². The number of hydrogen-bond donors (Lipinski definition) is 0. The molecule has 2 aromatic rings. The third-order valence-corrected chi connectivity index (χ3v) is 2.47. The second-order valence-electron chi connectivity index (χ2n) is 3.87. The van der Waals surface area contributed by atoms with Gasteiger partial charge < -0.3 is 4.57 Å². The van der Waals surface area contributed by atoms with Crippen LogP contribution in [0.5, 0.6) is 0 Å². The molecule has 0 spiro atoms. The third-order valence-electron chi connectivity index (χ3n) is 2.47. The number of hydrogen-bond acceptors (Lipinski definition) is 1. The van der Waals surface area contributed by atoms with Gasteiger partial charge in [0.15, 0.2) is 0 Å². The van der Waals surface area contributed by atoms with Gasteiger partial charge in [0.1, 0.15) is 5.82 Å². The summed E-state index contributed by atoms with van der Waals surface area (Å²) < 4.78 is 15.4. The van der Waals surface area contributed by atoms with Gasteiger partial charge in [-0.25, -0.2) is 9.37 Å². The van der Waals surface area contributed by atoms with Crippen LogP contribution in [-0.4, -0.2) is 9.55 Å². The lowest BCUT2D eigenvalue weighted by molar-refractivity contribution is 0.600. The van der Waals surface area contributed by atoms with Gasteiger partial charge in [-0.05, 0) is 17.5 Å². The molecule has 0 fully saturated rings. The van der Waals surface area contributed by atoms with Crippen LogP contribution < -0.4 is 0 Å². The summed E-state index contributed by atoms with van der Waals surface area (Å²) >= 11 is 0. The molecule has 0 saturated heterocycles. The van der Waals surface area contributed by atoms with Gasteiger partial charge in [-0.3, -0.25) is 0 Å². The van der Waals surface area contributed by atoms with E-state index in [1.807, 2.05) is 31.5 Å². The fourth-order valence-corrected chi connectivity index (χ4v) is 1.61. The molecule has 1 aromatic carbocycles. The molecule has 2 nitrogen and oxygen atoms in total. The van der Waals surface area contributed by atoms with E-state index in [9.17, 15) is 4.39 Å². The topological polar surface area (TPSA) is 17.8 Å². The van der Waals surface area contributed by atoms with Gasteiger partial charge >= 0.3 is 0 Å². The molecule has 3 heteroatoms. The molecule has 0 unspecified atom stereocenters. The van der Waals surface area contributed by atoms with Crippen molar-refractivity contribution in [3.8, 4) is 0 Å². The maximum atomic E-state index is 13.5. The fourth-order valence-electron chi connectivity index (χ4n) is 1.61. The van der Waals surface area contributed by atoms with Gasteiger partial charge in [-0.15, -0.1) is 0 Å². The lowest BCUT2D eigenvalue weighted by Gasteiger charge is -2.07. The van der Waals surface area contributed by atoms with E-state index in [2.05, 4.69) is 4.98 Å². The van der Waals surface area contributed by atoms with E-state index in [1.54, 1.807) is 6.33 Å². The Morgan fingerprint density at radius 2 is 2.07 bits per heavy atom. The Kier molecular flexibility index (Phi) is 2.02. The lowest BCUT2D eigenvalue weighted by Crippen LogP contribution is -1.94. The minimum Gasteiger partial charge on any atom is -0.334 e. The van der Waals surface area contributed by atoms with Gasteiger partial charge in [-0.2, -0.15) is 0 Å². The summed E-state index contributed by atoms with van der Waals surface area (Å²) in [5.74, 6) is 0.0421. The summed E-state index contributed by atoms with van der Waals surface area (Å²) in [6, 6.07) is 3.38. The highest BCUT2D eigenvalue weighted by atomic mass is 19.1. The standard InChI is InChI=1S/C11H13FN2/c1-7(2)8-4-11-10(5-9(8)12)13-6-14(11)3/h4-7H,1-3H3. The summed E-state index contributed by atoms with van der Waals surface area (Å²) in [6.45, 7) is 3.97. The summed E-state index contributed by atoms with van der Waals surface area (Å²) in [6.07, 6.45) is 1.70. The maximum Gasteiger partial charge on any atom is 0.128 e. The Balaban J connectivity index is 2.74. The summed E-state index contributed by atoms with van der Waals surface area (Å²) in [4.78, 5) is 4.10. The molecule has 0 aliphatic heterocycles. The molecule has 0 amide bonds. The van der Waals surface area contributed by atoms with Crippen LogP contribution in [0.25, 0.3) is 11.0 Å². The number of aromatic nitrogens is 2. The predicted molar refractivity (Wildman–Crippen MR) is 54.8 cm³/mol. The van der Waals surface area contributed by atoms with Gasteiger partial charge in [-0.1, -0.05) is 13.8 Å². The normalized spacial score (nSPS) is 11.5. The van der Waals surface area contributed by atoms with Gasteiger partial charge in [0.2, 0.25) is 0 Å². The molecule has 0 bridgehead atoms. The summed E-state index contributed by atoms with van der Waals surface area (Å²) in [5, 5.41) is 0. The first-order valence-corrected chi connectivity index (χ1v) is 4.70. The fraction of sp³-hybridized carbons (Fsp3) is 0.364. The van der Waals surface area contributed by atoms with Crippen LogP contribution >= 0.6 is 0 Å². The van der Waals surface area contributed by atoms with Gasteiger partial charge in [0.25, 0.3) is 0 Å². The monoisotopic (exact) mass is 192 g/mol. The number of fused-ring (bicyclic) bond motifs is 1. The Morgan fingerprint density at radius 3 is 2.71 bits per heavy atom. The zero-order chi connectivity index (χ0) is 10.3. The number of imidazole rings is 1. The Morgan fingerprint density at radius 1 is 1.36 bits per heavy atom. The number of rotatable bonds is 1. The zero-order valence-corrected chi connectivity index (χ0v) is 8.58. The van der Waals surface area contributed by atoms with Crippen molar-refractivity contribution in [3.05, 3.63) is 29.8 Å². The molecule has 2 rings (SSSR count). The van der Waals surface area contributed by atoms with Crippen LogP contribution in [0.1, 0.15) is 25.3 Å². The van der Waals surface area contributed by atoms with E-state index in [0.717, 1.165) is 16.6 Å². The first-order chi connectivity index (χ1) is 6.59. The number of benzene rings is 1. The van der Waals surface area contributed by atoms with Crippen LogP contribution in [-0.2, 0) is 7.05 Å². The van der Waals surface area contributed by atoms with E-state index in [1.165, 1.54) is 6.07 Å². The van der Waals surface area contributed by atoms with Crippen LogP contribution in [0.15, 0.2) is 18.5 Å². The first-order valence-electron chi connectivity index (χ1n) is 4.70. The van der Waals surface area contributed by atoms with E-state index in [0.29, 0.717) is 0 Å². The quantitative estimate of drug-likeness (QED) is 0.679.